The molecule has 21 heavy (non-hydrogen) atoms. The van der Waals surface area contributed by atoms with Crippen LogP contribution in [-0.2, 0) is 32.9 Å². The Hall–Kier alpha value is -0.0826. The van der Waals surface area contributed by atoms with Crippen molar-refractivity contribution in [3.05, 3.63) is 0 Å². The van der Waals surface area contributed by atoms with Crippen LogP contribution in [0, 0.1) is 0 Å². The number of halogens is 3. The molecule has 0 aromatic rings. The standard InChI is InChI=1S/C7H12F3O8PS.Li/c1-3-17-19(12,13)6(18-20(2,14)15)5(11)16-4-7(8,9)10;/h6H,3-4H2,1-2H3,(H,12,13);/q;+1/p-1. The molecule has 0 aromatic carbocycles. The average Bonchev–Trinajstić information content (AvgIpc) is 2.20. The van der Waals surface area contributed by atoms with E-state index in [1.54, 1.807) is 0 Å². The largest absolute Gasteiger partial charge is 1.00 e. The first kappa shape index (κ1) is 23.2. The molecular weight excluding hydrogens is 339 g/mol. The summed E-state index contributed by atoms with van der Waals surface area (Å²) in [6.45, 7) is -1.37. The van der Waals surface area contributed by atoms with Gasteiger partial charge in [-0.2, -0.15) is 21.6 Å². The molecule has 8 nitrogen and oxygen atoms in total. The van der Waals surface area contributed by atoms with Crippen LogP contribution >= 0.6 is 7.60 Å². The molecule has 0 aliphatic carbocycles. The van der Waals surface area contributed by atoms with Gasteiger partial charge in [-0.05, 0) is 6.92 Å². The minimum absolute atomic E-state index is 0. The third-order valence-electron chi connectivity index (χ3n) is 1.44. The zero-order valence-electron chi connectivity index (χ0n) is 11.2. The van der Waals surface area contributed by atoms with E-state index in [0.717, 1.165) is 0 Å². The first-order valence-electron chi connectivity index (χ1n) is 4.85. The number of carbonyl (C=O) groups excluding carboxylic acids is 1. The summed E-state index contributed by atoms with van der Waals surface area (Å²) in [5.74, 6) is -4.88. The Labute approximate surface area is 130 Å². The van der Waals surface area contributed by atoms with Gasteiger partial charge in [0.15, 0.2) is 14.2 Å². The van der Waals surface area contributed by atoms with Crippen LogP contribution in [0.5, 0.6) is 0 Å². The number of alkyl halides is 3. The number of rotatable bonds is 7. The molecule has 0 saturated carbocycles. The number of esters is 1. The maximum atomic E-state index is 11.8. The molecule has 0 rings (SSSR count). The van der Waals surface area contributed by atoms with Gasteiger partial charge in [0.25, 0.3) is 10.1 Å². The third-order valence-corrected chi connectivity index (χ3v) is 3.64. The molecule has 0 saturated heterocycles. The molecule has 2 atom stereocenters. The molecule has 0 aliphatic rings. The van der Waals surface area contributed by atoms with E-state index >= 15 is 0 Å². The predicted octanol–water partition coefficient (Wildman–Crippen LogP) is -3.01. The first-order valence-corrected chi connectivity index (χ1v) is 8.28. The monoisotopic (exact) mass is 350 g/mol. The molecule has 120 valence electrons. The van der Waals surface area contributed by atoms with Gasteiger partial charge in [0, 0.05) is 0 Å². The average molecular weight is 350 g/mol. The van der Waals surface area contributed by atoms with Crippen LogP contribution in [0.25, 0.3) is 0 Å². The van der Waals surface area contributed by atoms with Crippen molar-refractivity contribution in [1.29, 1.82) is 0 Å². The van der Waals surface area contributed by atoms with Gasteiger partial charge in [0.05, 0.1) is 12.9 Å². The molecule has 0 aromatic heterocycles. The van der Waals surface area contributed by atoms with Crippen LogP contribution in [-0.4, -0.2) is 45.9 Å². The van der Waals surface area contributed by atoms with E-state index in [9.17, 15) is 35.8 Å². The molecule has 0 aliphatic heterocycles. The fourth-order valence-corrected chi connectivity index (χ4v) is 2.99. The normalized spacial score (nSPS) is 16.5. The van der Waals surface area contributed by atoms with E-state index < -0.39 is 48.9 Å². The van der Waals surface area contributed by atoms with E-state index in [-0.39, 0.29) is 18.9 Å². The Balaban J connectivity index is 0. The van der Waals surface area contributed by atoms with E-state index in [4.69, 9.17) is 0 Å². The van der Waals surface area contributed by atoms with Crippen LogP contribution in [0.1, 0.15) is 6.92 Å². The van der Waals surface area contributed by atoms with Crippen molar-refractivity contribution in [2.75, 3.05) is 19.5 Å². The zero-order valence-corrected chi connectivity index (χ0v) is 13.0. The molecule has 0 amide bonds. The summed E-state index contributed by atoms with van der Waals surface area (Å²) in [6, 6.07) is 0. The second kappa shape index (κ2) is 8.52. The summed E-state index contributed by atoms with van der Waals surface area (Å²) in [4.78, 5) is 22.6. The number of hydrogen-bond acceptors (Lipinski definition) is 8. The molecule has 0 radical (unpaired) electrons. The van der Waals surface area contributed by atoms with Gasteiger partial charge in [-0.15, -0.1) is 0 Å². The van der Waals surface area contributed by atoms with Crippen molar-refractivity contribution in [2.45, 2.75) is 18.9 Å². The van der Waals surface area contributed by atoms with E-state index in [1.165, 1.54) is 6.92 Å². The molecule has 0 fully saturated rings. The molecule has 0 bridgehead atoms. The fraction of sp³-hybridized carbons (Fsp3) is 0.857. The topological polar surface area (TPSA) is 119 Å². The van der Waals surface area contributed by atoms with Crippen molar-refractivity contribution in [2.24, 2.45) is 0 Å². The van der Waals surface area contributed by atoms with Crippen molar-refractivity contribution in [3.8, 4) is 0 Å². The van der Waals surface area contributed by atoms with Gasteiger partial charge in [-0.1, -0.05) is 0 Å². The van der Waals surface area contributed by atoms with Crippen LogP contribution in [0.3, 0.4) is 0 Å². The minimum Gasteiger partial charge on any atom is -0.776 e. The summed E-state index contributed by atoms with van der Waals surface area (Å²) in [5, 5.41) is 0. The summed E-state index contributed by atoms with van der Waals surface area (Å²) in [7, 11) is -9.69. The fourth-order valence-electron chi connectivity index (χ4n) is 0.859. The van der Waals surface area contributed by atoms with Gasteiger partial charge < -0.3 is 18.7 Å². The van der Waals surface area contributed by atoms with Gasteiger partial charge in [0.1, 0.15) is 0 Å². The van der Waals surface area contributed by atoms with Crippen LogP contribution in [0.2, 0.25) is 0 Å². The summed E-state index contributed by atoms with van der Waals surface area (Å²) in [5.41, 5.74) is 0. The van der Waals surface area contributed by atoms with Gasteiger partial charge >= 0.3 is 31.0 Å². The molecule has 0 N–H and O–H groups in total. The third kappa shape index (κ3) is 10.3. The Morgan fingerprint density at radius 2 is 1.86 bits per heavy atom. The number of carbonyl (C=O) groups is 1. The maximum Gasteiger partial charge on any atom is 1.00 e. The quantitative estimate of drug-likeness (QED) is 0.206. The minimum atomic E-state index is -5.23. The van der Waals surface area contributed by atoms with Gasteiger partial charge in [-0.3, -0.25) is 0 Å². The zero-order chi connectivity index (χ0) is 16.2. The van der Waals surface area contributed by atoms with Crippen molar-refractivity contribution >= 4 is 23.7 Å². The van der Waals surface area contributed by atoms with E-state index in [1.807, 2.05) is 0 Å². The SMILES string of the molecule is CCOP(=O)([O-])C(OS(C)(=O)=O)C(=O)OCC(F)(F)F.[Li+]. The van der Waals surface area contributed by atoms with E-state index in [0.29, 0.717) is 6.26 Å². The second-order valence-corrected chi connectivity index (χ2v) is 6.74. The molecule has 0 heterocycles. The maximum absolute atomic E-state index is 11.8. The Morgan fingerprint density at radius 3 is 2.19 bits per heavy atom. The number of hydrogen-bond donors (Lipinski definition) is 0. The smallest absolute Gasteiger partial charge is 0.776 e. The van der Waals surface area contributed by atoms with Crippen LogP contribution in [0.15, 0.2) is 0 Å². The predicted molar refractivity (Wildman–Crippen MR) is 56.0 cm³/mol. The number of ether oxygens (including phenoxy) is 1. The molecular formula is C7H11F3LiO8PS. The first-order chi connectivity index (χ1) is 8.78. The summed E-state index contributed by atoms with van der Waals surface area (Å²) >= 11 is 0. The molecule has 2 unspecified atom stereocenters. The van der Waals surface area contributed by atoms with Crippen LogP contribution < -0.4 is 23.8 Å². The summed E-state index contributed by atoms with van der Waals surface area (Å²) in [6.07, 6.45) is -4.51. The Morgan fingerprint density at radius 1 is 1.38 bits per heavy atom. The Bertz CT molecular complexity index is 493. The Kier molecular flexibility index (Phi) is 9.41. The molecule has 14 heteroatoms. The summed E-state index contributed by atoms with van der Waals surface area (Å²) < 4.78 is 80.3. The molecule has 0 spiro atoms. The van der Waals surface area contributed by atoms with Crippen LogP contribution in [0.4, 0.5) is 13.2 Å². The van der Waals surface area contributed by atoms with Crippen molar-refractivity contribution in [1.82, 2.24) is 0 Å². The van der Waals surface area contributed by atoms with Crippen molar-refractivity contribution < 1.29 is 68.1 Å². The van der Waals surface area contributed by atoms with Crippen molar-refractivity contribution in [3.63, 3.8) is 0 Å². The van der Waals surface area contributed by atoms with E-state index in [2.05, 4.69) is 13.4 Å². The van der Waals surface area contributed by atoms with Gasteiger partial charge in [-0.25, -0.2) is 8.98 Å². The van der Waals surface area contributed by atoms with Gasteiger partial charge in [0.2, 0.25) is 5.85 Å². The second-order valence-electron chi connectivity index (χ2n) is 3.33.